The van der Waals surface area contributed by atoms with Gasteiger partial charge in [-0.2, -0.15) is 0 Å². The van der Waals surface area contributed by atoms with E-state index in [1.807, 2.05) is 19.1 Å². The Morgan fingerprint density at radius 1 is 1.48 bits per heavy atom. The molecule has 2 heterocycles. The second kappa shape index (κ2) is 6.89. The molecule has 0 aromatic carbocycles. The molecule has 0 bridgehead atoms. The van der Waals surface area contributed by atoms with Crippen LogP contribution in [0.25, 0.3) is 9.88 Å². The summed E-state index contributed by atoms with van der Waals surface area (Å²) in [5.74, 6) is -0.0371. The van der Waals surface area contributed by atoms with Crippen molar-refractivity contribution in [1.29, 1.82) is 0 Å². The Bertz CT molecular complexity index is 708. The van der Waals surface area contributed by atoms with Gasteiger partial charge < -0.3 is 5.32 Å². The summed E-state index contributed by atoms with van der Waals surface area (Å²) in [6.07, 6.45) is 2.55. The molecule has 1 aliphatic carbocycles. The Balaban J connectivity index is 1.64. The van der Waals surface area contributed by atoms with Crippen molar-refractivity contribution in [1.82, 2.24) is 15.2 Å². The lowest BCUT2D eigenvalue weighted by atomic mass is 10.3. The van der Waals surface area contributed by atoms with Crippen molar-refractivity contribution in [3.05, 3.63) is 27.0 Å². The first-order valence-electron chi connectivity index (χ1n) is 7.69. The van der Waals surface area contributed by atoms with Gasteiger partial charge in [0.15, 0.2) is 0 Å². The largest absolute Gasteiger partial charge is 0.350 e. The summed E-state index contributed by atoms with van der Waals surface area (Å²) in [7, 11) is 2.13. The SMILES string of the molecule is Cc1nc(-c2ccc(Cl)s2)sc1C(=O)NCC(C)N(C)C1CC1. The standard InChI is InChI=1S/C16H20ClN3OS2/c1-9(20(3)11-4-5-11)8-18-15(21)14-10(2)19-16(23-14)12-6-7-13(17)22-12/h6-7,9,11H,4-5,8H2,1-3H3,(H,18,21). The minimum atomic E-state index is -0.0371. The molecule has 1 N–H and O–H groups in total. The Labute approximate surface area is 149 Å². The van der Waals surface area contributed by atoms with Gasteiger partial charge in [0, 0.05) is 18.6 Å². The van der Waals surface area contributed by atoms with Gasteiger partial charge in [0.05, 0.1) is 14.9 Å². The number of nitrogens with zero attached hydrogens (tertiary/aromatic N) is 2. The van der Waals surface area contributed by atoms with Crippen LogP contribution in [0.1, 0.15) is 35.1 Å². The number of thiophene rings is 1. The van der Waals surface area contributed by atoms with Crippen molar-refractivity contribution in [2.45, 2.75) is 38.8 Å². The molecule has 1 unspecified atom stereocenters. The van der Waals surface area contributed by atoms with Crippen molar-refractivity contribution in [2.24, 2.45) is 0 Å². The smallest absolute Gasteiger partial charge is 0.263 e. The zero-order chi connectivity index (χ0) is 16.6. The number of aromatic nitrogens is 1. The molecule has 0 aliphatic heterocycles. The Morgan fingerprint density at radius 2 is 2.22 bits per heavy atom. The van der Waals surface area contributed by atoms with Crippen molar-refractivity contribution in [3.8, 4) is 9.88 Å². The van der Waals surface area contributed by atoms with E-state index >= 15 is 0 Å². The highest BCUT2D eigenvalue weighted by atomic mass is 35.5. The van der Waals surface area contributed by atoms with Gasteiger partial charge >= 0.3 is 0 Å². The number of rotatable bonds is 6. The maximum atomic E-state index is 12.4. The van der Waals surface area contributed by atoms with Crippen LogP contribution < -0.4 is 5.32 Å². The fraction of sp³-hybridized carbons (Fsp3) is 0.500. The average Bonchev–Trinajstić information content (AvgIpc) is 3.17. The van der Waals surface area contributed by atoms with Crippen molar-refractivity contribution >= 4 is 40.2 Å². The van der Waals surface area contributed by atoms with Crippen molar-refractivity contribution in [3.63, 3.8) is 0 Å². The van der Waals surface area contributed by atoms with Crippen LogP contribution in [0.15, 0.2) is 12.1 Å². The molecule has 0 saturated heterocycles. The summed E-state index contributed by atoms with van der Waals surface area (Å²) >= 11 is 8.89. The molecule has 0 spiro atoms. The van der Waals surface area contributed by atoms with Gasteiger partial charge in [-0.25, -0.2) is 4.98 Å². The second-order valence-electron chi connectivity index (χ2n) is 5.99. The molecule has 4 nitrogen and oxygen atoms in total. The molecule has 23 heavy (non-hydrogen) atoms. The number of thiazole rings is 1. The van der Waals surface area contributed by atoms with E-state index in [1.54, 1.807) is 0 Å². The van der Waals surface area contributed by atoms with Crippen LogP contribution in [0.2, 0.25) is 4.34 Å². The van der Waals surface area contributed by atoms with E-state index in [-0.39, 0.29) is 5.91 Å². The summed E-state index contributed by atoms with van der Waals surface area (Å²) in [5, 5.41) is 3.89. The molecule has 0 radical (unpaired) electrons. The normalized spacial score (nSPS) is 15.9. The summed E-state index contributed by atoms with van der Waals surface area (Å²) in [5.41, 5.74) is 0.773. The molecular formula is C16H20ClN3OS2. The monoisotopic (exact) mass is 369 g/mol. The predicted molar refractivity (Wildman–Crippen MR) is 97.8 cm³/mol. The minimum absolute atomic E-state index is 0.0371. The molecule has 1 atom stereocenters. The number of amides is 1. The highest BCUT2D eigenvalue weighted by Gasteiger charge is 2.29. The van der Waals surface area contributed by atoms with Crippen LogP contribution in [0.5, 0.6) is 0 Å². The van der Waals surface area contributed by atoms with Crippen LogP contribution in [0.3, 0.4) is 0 Å². The van der Waals surface area contributed by atoms with Crippen LogP contribution in [0, 0.1) is 6.92 Å². The predicted octanol–water partition coefficient (Wildman–Crippen LogP) is 4.05. The summed E-state index contributed by atoms with van der Waals surface area (Å²) in [6, 6.07) is 4.84. The van der Waals surface area contributed by atoms with Gasteiger partial charge in [-0.15, -0.1) is 22.7 Å². The molecular weight excluding hydrogens is 350 g/mol. The molecule has 2 aromatic rings. The third-order valence-electron chi connectivity index (χ3n) is 4.16. The zero-order valence-corrected chi connectivity index (χ0v) is 15.8. The number of nitrogens with one attached hydrogen (secondary N) is 1. The van der Waals surface area contributed by atoms with E-state index in [0.717, 1.165) is 19.9 Å². The minimum Gasteiger partial charge on any atom is -0.350 e. The molecule has 1 saturated carbocycles. The zero-order valence-electron chi connectivity index (χ0n) is 13.4. The van der Waals surface area contributed by atoms with Crippen LogP contribution in [-0.4, -0.2) is 41.5 Å². The lowest BCUT2D eigenvalue weighted by Crippen LogP contribution is -2.41. The van der Waals surface area contributed by atoms with E-state index in [9.17, 15) is 4.79 Å². The van der Waals surface area contributed by atoms with Crippen LogP contribution in [0.4, 0.5) is 0 Å². The highest BCUT2D eigenvalue weighted by molar-refractivity contribution is 7.24. The Morgan fingerprint density at radius 3 is 2.83 bits per heavy atom. The Kier molecular flexibility index (Phi) is 5.06. The number of aryl methyl sites for hydroxylation is 1. The molecule has 1 amide bonds. The molecule has 124 valence electrons. The number of hydrogen-bond donors (Lipinski definition) is 1. The van der Waals surface area contributed by atoms with Crippen LogP contribution >= 0.6 is 34.3 Å². The van der Waals surface area contributed by atoms with Gasteiger partial charge in [0.25, 0.3) is 5.91 Å². The number of halogens is 1. The number of carbonyl (C=O) groups excluding carboxylic acids is 1. The maximum absolute atomic E-state index is 12.4. The van der Waals surface area contributed by atoms with Crippen molar-refractivity contribution < 1.29 is 4.79 Å². The number of likely N-dealkylation sites (N-methyl/N-ethyl adjacent to an activating group) is 1. The fourth-order valence-electron chi connectivity index (χ4n) is 2.45. The summed E-state index contributed by atoms with van der Waals surface area (Å²) < 4.78 is 0.732. The quantitative estimate of drug-likeness (QED) is 0.835. The molecule has 3 rings (SSSR count). The van der Waals surface area contributed by atoms with Gasteiger partial charge in [0.2, 0.25) is 0 Å². The van der Waals surface area contributed by atoms with E-state index in [2.05, 4.69) is 29.2 Å². The molecule has 1 aliphatic rings. The first-order chi connectivity index (χ1) is 11.0. The summed E-state index contributed by atoms with van der Waals surface area (Å²) in [6.45, 7) is 4.68. The highest BCUT2D eigenvalue weighted by Crippen LogP contribution is 2.35. The number of hydrogen-bond acceptors (Lipinski definition) is 5. The van der Waals surface area contributed by atoms with Gasteiger partial charge in [-0.05, 0) is 45.9 Å². The Hall–Kier alpha value is -0.950. The molecule has 7 heteroatoms. The third kappa shape index (κ3) is 3.94. The van der Waals surface area contributed by atoms with Gasteiger partial charge in [-0.1, -0.05) is 11.6 Å². The first-order valence-corrected chi connectivity index (χ1v) is 9.70. The number of carbonyl (C=O) groups is 1. The topological polar surface area (TPSA) is 45.2 Å². The van der Waals surface area contributed by atoms with Crippen LogP contribution in [-0.2, 0) is 0 Å². The fourth-order valence-corrected chi connectivity index (χ4v) is 4.53. The lowest BCUT2D eigenvalue weighted by Gasteiger charge is -2.24. The van der Waals surface area contributed by atoms with E-state index in [0.29, 0.717) is 23.5 Å². The first kappa shape index (κ1) is 16.9. The average molecular weight is 370 g/mol. The van der Waals surface area contributed by atoms with E-state index < -0.39 is 0 Å². The van der Waals surface area contributed by atoms with E-state index in [1.165, 1.54) is 35.5 Å². The second-order valence-corrected chi connectivity index (χ2v) is 8.71. The van der Waals surface area contributed by atoms with Crippen molar-refractivity contribution in [2.75, 3.05) is 13.6 Å². The lowest BCUT2D eigenvalue weighted by molar-refractivity contribution is 0.0943. The maximum Gasteiger partial charge on any atom is 0.263 e. The van der Waals surface area contributed by atoms with Gasteiger partial charge in [-0.3, -0.25) is 9.69 Å². The molecule has 2 aromatic heterocycles. The summed E-state index contributed by atoms with van der Waals surface area (Å²) in [4.78, 5) is 21.0. The van der Waals surface area contributed by atoms with E-state index in [4.69, 9.17) is 11.6 Å². The molecule has 1 fully saturated rings. The third-order valence-corrected chi connectivity index (χ3v) is 6.72. The van der Waals surface area contributed by atoms with Gasteiger partial charge in [0.1, 0.15) is 9.88 Å².